The normalized spacial score (nSPS) is 15.7. The van der Waals surface area contributed by atoms with E-state index in [0.717, 1.165) is 22.2 Å². The number of hydrogen-bond donors (Lipinski definition) is 1. The van der Waals surface area contributed by atoms with Crippen molar-refractivity contribution in [2.45, 2.75) is 12.6 Å². The van der Waals surface area contributed by atoms with Crippen molar-refractivity contribution in [1.82, 2.24) is 4.90 Å². The van der Waals surface area contributed by atoms with Crippen LogP contribution in [-0.4, -0.2) is 26.2 Å². The SMILES string of the molecule is O=C(O)[C@H](c1ccccc1)N1C(=O)/C(=C\c2ccccc2OCc2ccccc2Cl)SC1=S. The van der Waals surface area contributed by atoms with Crippen LogP contribution in [0.15, 0.2) is 83.8 Å². The lowest BCUT2D eigenvalue weighted by Crippen LogP contribution is -2.37. The van der Waals surface area contributed by atoms with Crippen LogP contribution in [0.4, 0.5) is 0 Å². The van der Waals surface area contributed by atoms with Gasteiger partial charge in [-0.2, -0.15) is 0 Å². The average molecular weight is 496 g/mol. The standard InChI is InChI=1S/C25H18ClNO4S2/c26-19-12-6-4-11-18(19)15-31-20-13-7-5-10-17(20)14-21-23(28)27(25(32)33-21)22(24(29)30)16-8-2-1-3-9-16/h1-14,22H,15H2,(H,29,30)/b21-14+/t22-/m0/s1. The maximum Gasteiger partial charge on any atom is 0.331 e. The monoisotopic (exact) mass is 495 g/mol. The number of rotatable bonds is 7. The van der Waals surface area contributed by atoms with Crippen LogP contribution in [0.25, 0.3) is 6.08 Å². The molecule has 1 amide bonds. The topological polar surface area (TPSA) is 66.8 Å². The quantitative estimate of drug-likeness (QED) is 0.323. The number of carboxylic acids is 1. The van der Waals surface area contributed by atoms with E-state index in [-0.39, 0.29) is 10.9 Å². The van der Waals surface area contributed by atoms with E-state index in [1.165, 1.54) is 0 Å². The first-order valence-electron chi connectivity index (χ1n) is 9.96. The molecule has 3 aromatic carbocycles. The van der Waals surface area contributed by atoms with Gasteiger partial charge in [0.1, 0.15) is 16.7 Å². The lowest BCUT2D eigenvalue weighted by molar-refractivity contribution is -0.145. The molecule has 1 aliphatic heterocycles. The van der Waals surface area contributed by atoms with Gasteiger partial charge in [0.15, 0.2) is 6.04 Å². The number of para-hydroxylation sites is 1. The number of aliphatic carboxylic acids is 1. The summed E-state index contributed by atoms with van der Waals surface area (Å²) in [5.41, 5.74) is 2.00. The van der Waals surface area contributed by atoms with Crippen molar-refractivity contribution in [2.24, 2.45) is 0 Å². The predicted octanol–water partition coefficient (Wildman–Crippen LogP) is 5.95. The Morgan fingerprint density at radius 1 is 1.06 bits per heavy atom. The van der Waals surface area contributed by atoms with E-state index in [0.29, 0.717) is 26.8 Å². The molecule has 3 aromatic rings. The van der Waals surface area contributed by atoms with Gasteiger partial charge in [-0.1, -0.05) is 102 Å². The van der Waals surface area contributed by atoms with Gasteiger partial charge >= 0.3 is 5.97 Å². The number of carbonyl (C=O) groups is 2. The largest absolute Gasteiger partial charge is 0.488 e. The number of halogens is 1. The lowest BCUT2D eigenvalue weighted by atomic mass is 10.1. The number of thiocarbonyl (C=S) groups is 1. The summed E-state index contributed by atoms with van der Waals surface area (Å²) < 4.78 is 6.16. The molecule has 1 saturated heterocycles. The van der Waals surface area contributed by atoms with Crippen molar-refractivity contribution in [3.8, 4) is 5.75 Å². The van der Waals surface area contributed by atoms with Crippen LogP contribution in [0.2, 0.25) is 5.02 Å². The molecule has 1 heterocycles. The van der Waals surface area contributed by atoms with Crippen LogP contribution < -0.4 is 4.74 Å². The Balaban J connectivity index is 1.60. The highest BCUT2D eigenvalue weighted by Gasteiger charge is 2.41. The summed E-state index contributed by atoms with van der Waals surface area (Å²) in [6, 6.07) is 22.1. The van der Waals surface area contributed by atoms with Gasteiger partial charge in [-0.15, -0.1) is 0 Å². The van der Waals surface area contributed by atoms with Crippen molar-refractivity contribution >= 4 is 57.9 Å². The number of thioether (sulfide) groups is 1. The van der Waals surface area contributed by atoms with Gasteiger partial charge in [-0.3, -0.25) is 9.69 Å². The summed E-state index contributed by atoms with van der Waals surface area (Å²) in [6.45, 7) is 0.264. The third kappa shape index (κ3) is 5.11. The van der Waals surface area contributed by atoms with E-state index in [4.69, 9.17) is 28.6 Å². The number of hydrogen-bond acceptors (Lipinski definition) is 5. The predicted molar refractivity (Wildman–Crippen MR) is 134 cm³/mol. The van der Waals surface area contributed by atoms with Crippen molar-refractivity contribution in [3.63, 3.8) is 0 Å². The van der Waals surface area contributed by atoms with E-state index in [2.05, 4.69) is 0 Å². The summed E-state index contributed by atoms with van der Waals surface area (Å²) in [5.74, 6) is -1.04. The second kappa shape index (κ2) is 10.2. The molecular weight excluding hydrogens is 478 g/mol. The highest BCUT2D eigenvalue weighted by Crippen LogP contribution is 2.39. The van der Waals surface area contributed by atoms with Crippen LogP contribution in [0.3, 0.4) is 0 Å². The molecular formula is C25H18ClNO4S2. The Labute approximate surface area is 205 Å². The first-order chi connectivity index (χ1) is 16.0. The molecule has 0 bridgehead atoms. The molecule has 0 aromatic heterocycles. The second-order valence-corrected chi connectivity index (χ2v) is 9.20. The number of benzene rings is 3. The summed E-state index contributed by atoms with van der Waals surface area (Å²) in [5, 5.41) is 10.4. The van der Waals surface area contributed by atoms with Crippen LogP contribution in [0, 0.1) is 0 Å². The molecule has 1 atom stereocenters. The highest BCUT2D eigenvalue weighted by molar-refractivity contribution is 8.26. The molecule has 1 N–H and O–H groups in total. The number of carbonyl (C=O) groups excluding carboxylic acids is 1. The fourth-order valence-electron chi connectivity index (χ4n) is 3.38. The van der Waals surface area contributed by atoms with Crippen molar-refractivity contribution in [2.75, 3.05) is 0 Å². The molecule has 0 saturated carbocycles. The van der Waals surface area contributed by atoms with E-state index < -0.39 is 17.9 Å². The molecule has 0 unspecified atom stereocenters. The van der Waals surface area contributed by atoms with Crippen molar-refractivity contribution < 1.29 is 19.4 Å². The molecule has 1 aliphatic rings. The van der Waals surface area contributed by atoms with Gasteiger partial charge in [-0.25, -0.2) is 4.79 Å². The van der Waals surface area contributed by atoms with E-state index in [1.807, 2.05) is 36.4 Å². The van der Waals surface area contributed by atoms with Crippen molar-refractivity contribution in [3.05, 3.63) is 105 Å². The Kier molecular flexibility index (Phi) is 7.13. The highest BCUT2D eigenvalue weighted by atomic mass is 35.5. The zero-order chi connectivity index (χ0) is 23.4. The number of nitrogens with zero attached hydrogens (tertiary/aromatic N) is 1. The van der Waals surface area contributed by atoms with Crippen molar-refractivity contribution in [1.29, 1.82) is 0 Å². The van der Waals surface area contributed by atoms with Gasteiger partial charge < -0.3 is 9.84 Å². The molecule has 5 nitrogen and oxygen atoms in total. The van der Waals surface area contributed by atoms with Gasteiger partial charge in [-0.05, 0) is 23.8 Å². The van der Waals surface area contributed by atoms with Crippen LogP contribution in [-0.2, 0) is 16.2 Å². The fourth-order valence-corrected chi connectivity index (χ4v) is 4.88. The third-order valence-electron chi connectivity index (χ3n) is 4.98. The first-order valence-corrected chi connectivity index (χ1v) is 11.6. The molecule has 8 heteroatoms. The van der Waals surface area contributed by atoms with Gasteiger partial charge in [0.05, 0.1) is 4.91 Å². The minimum absolute atomic E-state index is 0.192. The summed E-state index contributed by atoms with van der Waals surface area (Å²) in [4.78, 5) is 26.7. The van der Waals surface area contributed by atoms with Gasteiger partial charge in [0.2, 0.25) is 0 Å². The Hall–Kier alpha value is -3.13. The Bertz CT molecular complexity index is 1250. The number of amides is 1. The zero-order valence-corrected chi connectivity index (χ0v) is 19.6. The van der Waals surface area contributed by atoms with Crippen LogP contribution >= 0.6 is 35.6 Å². The Morgan fingerprint density at radius 2 is 1.73 bits per heavy atom. The average Bonchev–Trinajstić information content (AvgIpc) is 3.08. The number of carboxylic acid groups (broad SMARTS) is 1. The summed E-state index contributed by atoms with van der Waals surface area (Å²) in [6.07, 6.45) is 1.67. The molecule has 0 spiro atoms. The minimum atomic E-state index is -1.20. The van der Waals surface area contributed by atoms with Gasteiger partial charge in [0.25, 0.3) is 5.91 Å². The zero-order valence-electron chi connectivity index (χ0n) is 17.2. The fraction of sp³-hybridized carbons (Fsp3) is 0.0800. The van der Waals surface area contributed by atoms with E-state index in [1.54, 1.807) is 48.5 Å². The summed E-state index contributed by atoms with van der Waals surface area (Å²) in [7, 11) is 0. The first kappa shape index (κ1) is 23.0. The lowest BCUT2D eigenvalue weighted by Gasteiger charge is -2.23. The molecule has 4 rings (SSSR count). The Morgan fingerprint density at radius 3 is 2.45 bits per heavy atom. The molecule has 166 valence electrons. The molecule has 0 radical (unpaired) electrons. The van der Waals surface area contributed by atoms with Crippen LogP contribution in [0.1, 0.15) is 22.7 Å². The maximum atomic E-state index is 13.2. The van der Waals surface area contributed by atoms with Gasteiger partial charge in [0, 0.05) is 16.1 Å². The summed E-state index contributed by atoms with van der Waals surface area (Å²) >= 11 is 12.7. The molecule has 1 fully saturated rings. The maximum absolute atomic E-state index is 13.2. The van der Waals surface area contributed by atoms with Crippen LogP contribution in [0.5, 0.6) is 5.75 Å². The van der Waals surface area contributed by atoms with E-state index >= 15 is 0 Å². The molecule has 0 aliphatic carbocycles. The minimum Gasteiger partial charge on any atom is -0.488 e. The number of ether oxygens (including phenoxy) is 1. The van der Waals surface area contributed by atoms with E-state index in [9.17, 15) is 14.7 Å². The molecule has 33 heavy (non-hydrogen) atoms. The second-order valence-electron chi connectivity index (χ2n) is 7.12. The third-order valence-corrected chi connectivity index (χ3v) is 6.68. The smallest absolute Gasteiger partial charge is 0.331 e.